The fourth-order valence-corrected chi connectivity index (χ4v) is 1.77. The maximum atomic E-state index is 11.4. The van der Waals surface area contributed by atoms with Crippen molar-refractivity contribution in [2.45, 2.75) is 57.3 Å². The zero-order chi connectivity index (χ0) is 12.0. The van der Waals surface area contributed by atoms with E-state index in [1.54, 1.807) is 12.2 Å². The molecule has 1 aliphatic rings. The predicted molar refractivity (Wildman–Crippen MR) is 59.8 cm³/mol. The van der Waals surface area contributed by atoms with Gasteiger partial charge in [-0.2, -0.15) is 0 Å². The van der Waals surface area contributed by atoms with E-state index in [0.717, 1.165) is 12.8 Å². The van der Waals surface area contributed by atoms with Crippen LogP contribution in [0.15, 0.2) is 12.2 Å². The van der Waals surface area contributed by atoms with Gasteiger partial charge in [-0.25, -0.2) is 0 Å². The SMILES string of the molecule is CCCC1CC(O)C(O)C=CCCC(=O)O1. The van der Waals surface area contributed by atoms with E-state index in [-0.39, 0.29) is 12.1 Å². The van der Waals surface area contributed by atoms with Gasteiger partial charge < -0.3 is 14.9 Å². The van der Waals surface area contributed by atoms with Gasteiger partial charge in [0.2, 0.25) is 0 Å². The summed E-state index contributed by atoms with van der Waals surface area (Å²) in [6.45, 7) is 2.00. The van der Waals surface area contributed by atoms with Gasteiger partial charge >= 0.3 is 5.97 Å². The molecule has 0 bridgehead atoms. The molecule has 0 spiro atoms. The second kappa shape index (κ2) is 6.66. The Morgan fingerprint density at radius 3 is 2.94 bits per heavy atom. The minimum atomic E-state index is -0.865. The van der Waals surface area contributed by atoms with Crippen molar-refractivity contribution in [3.05, 3.63) is 12.2 Å². The normalized spacial score (nSPS) is 32.2. The largest absolute Gasteiger partial charge is 0.462 e. The number of carbonyl (C=O) groups excluding carboxylic acids is 1. The lowest BCUT2D eigenvalue weighted by molar-refractivity contribution is -0.151. The summed E-state index contributed by atoms with van der Waals surface area (Å²) in [6.07, 6.45) is 4.02. The molecule has 1 rings (SSSR count). The molecule has 1 aliphatic heterocycles. The second-order valence-corrected chi connectivity index (χ2v) is 4.16. The van der Waals surface area contributed by atoms with Crippen LogP contribution in [-0.2, 0) is 9.53 Å². The van der Waals surface area contributed by atoms with E-state index in [1.165, 1.54) is 0 Å². The van der Waals surface area contributed by atoms with Gasteiger partial charge in [-0.15, -0.1) is 0 Å². The lowest BCUT2D eigenvalue weighted by atomic mass is 10.0. The number of hydrogen-bond acceptors (Lipinski definition) is 4. The Morgan fingerprint density at radius 1 is 1.50 bits per heavy atom. The first-order chi connectivity index (χ1) is 7.63. The van der Waals surface area contributed by atoms with Crippen molar-refractivity contribution in [3.8, 4) is 0 Å². The third-order valence-electron chi connectivity index (χ3n) is 2.66. The highest BCUT2D eigenvalue weighted by molar-refractivity contribution is 5.69. The van der Waals surface area contributed by atoms with E-state index in [4.69, 9.17) is 4.74 Å². The third kappa shape index (κ3) is 4.33. The Morgan fingerprint density at radius 2 is 2.25 bits per heavy atom. The van der Waals surface area contributed by atoms with Crippen LogP contribution in [0, 0.1) is 0 Å². The highest BCUT2D eigenvalue weighted by atomic mass is 16.5. The number of esters is 1. The molecule has 16 heavy (non-hydrogen) atoms. The van der Waals surface area contributed by atoms with Gasteiger partial charge in [0.1, 0.15) is 6.10 Å². The van der Waals surface area contributed by atoms with Crippen molar-refractivity contribution in [1.29, 1.82) is 0 Å². The average Bonchev–Trinajstić information content (AvgIpc) is 2.23. The third-order valence-corrected chi connectivity index (χ3v) is 2.66. The van der Waals surface area contributed by atoms with Crippen molar-refractivity contribution in [3.63, 3.8) is 0 Å². The Bertz CT molecular complexity index is 249. The van der Waals surface area contributed by atoms with Crippen molar-refractivity contribution >= 4 is 5.97 Å². The summed E-state index contributed by atoms with van der Waals surface area (Å²) in [4.78, 5) is 11.4. The minimum absolute atomic E-state index is 0.230. The summed E-state index contributed by atoms with van der Waals surface area (Å²) in [6, 6.07) is 0. The van der Waals surface area contributed by atoms with Crippen LogP contribution >= 0.6 is 0 Å². The number of rotatable bonds is 2. The van der Waals surface area contributed by atoms with Gasteiger partial charge in [0.15, 0.2) is 0 Å². The number of carbonyl (C=O) groups is 1. The van der Waals surface area contributed by atoms with Crippen LogP contribution in [-0.4, -0.2) is 34.5 Å². The zero-order valence-electron chi connectivity index (χ0n) is 9.63. The first-order valence-electron chi connectivity index (χ1n) is 5.85. The standard InChI is InChI=1S/C12H20O4/c1-2-5-9-8-11(14)10(13)6-3-4-7-12(15)16-9/h3,6,9-11,13-14H,2,4-5,7-8H2,1H3. The molecule has 3 unspecified atom stereocenters. The molecule has 1 heterocycles. The van der Waals surface area contributed by atoms with Crippen LogP contribution in [0.25, 0.3) is 0 Å². The summed E-state index contributed by atoms with van der Waals surface area (Å²) < 4.78 is 5.24. The predicted octanol–water partition coefficient (Wildman–Crippen LogP) is 1.16. The van der Waals surface area contributed by atoms with Crippen molar-refractivity contribution in [2.24, 2.45) is 0 Å². The van der Waals surface area contributed by atoms with Gasteiger partial charge in [-0.3, -0.25) is 4.79 Å². The molecular formula is C12H20O4. The summed E-state index contributed by atoms with van der Waals surface area (Å²) in [5, 5.41) is 19.3. The smallest absolute Gasteiger partial charge is 0.306 e. The summed E-state index contributed by atoms with van der Waals surface area (Å²) in [7, 11) is 0. The number of aliphatic hydroxyl groups is 2. The molecule has 0 radical (unpaired) electrons. The Kier molecular flexibility index (Phi) is 5.49. The van der Waals surface area contributed by atoms with Crippen molar-refractivity contribution in [2.75, 3.05) is 0 Å². The molecule has 0 saturated carbocycles. The maximum absolute atomic E-state index is 11.4. The quantitative estimate of drug-likeness (QED) is 0.550. The molecule has 0 aromatic carbocycles. The second-order valence-electron chi connectivity index (χ2n) is 4.16. The van der Waals surface area contributed by atoms with E-state index >= 15 is 0 Å². The van der Waals surface area contributed by atoms with Crippen molar-refractivity contribution in [1.82, 2.24) is 0 Å². The molecule has 0 aromatic rings. The number of aliphatic hydroxyl groups excluding tert-OH is 2. The molecule has 0 amide bonds. The van der Waals surface area contributed by atoms with E-state index in [9.17, 15) is 15.0 Å². The van der Waals surface area contributed by atoms with Gasteiger partial charge in [0, 0.05) is 12.8 Å². The highest BCUT2D eigenvalue weighted by Gasteiger charge is 2.22. The molecular weight excluding hydrogens is 208 g/mol. The van der Waals surface area contributed by atoms with Crippen LogP contribution < -0.4 is 0 Å². The first kappa shape index (κ1) is 13.2. The molecule has 4 nitrogen and oxygen atoms in total. The molecule has 0 saturated heterocycles. The minimum Gasteiger partial charge on any atom is -0.462 e. The van der Waals surface area contributed by atoms with Crippen LogP contribution in [0.3, 0.4) is 0 Å². The lowest BCUT2D eigenvalue weighted by Crippen LogP contribution is -2.31. The average molecular weight is 228 g/mol. The molecule has 2 N–H and O–H groups in total. The fourth-order valence-electron chi connectivity index (χ4n) is 1.77. The molecule has 92 valence electrons. The van der Waals surface area contributed by atoms with Crippen LogP contribution in [0.5, 0.6) is 0 Å². The van der Waals surface area contributed by atoms with Gasteiger partial charge in [-0.1, -0.05) is 25.5 Å². The van der Waals surface area contributed by atoms with E-state index in [1.807, 2.05) is 6.92 Å². The van der Waals surface area contributed by atoms with E-state index in [0.29, 0.717) is 19.3 Å². The number of hydrogen-bond donors (Lipinski definition) is 2. The van der Waals surface area contributed by atoms with Gasteiger partial charge in [0.05, 0.1) is 12.2 Å². The summed E-state index contributed by atoms with van der Waals surface area (Å²) in [5.41, 5.74) is 0. The summed E-state index contributed by atoms with van der Waals surface area (Å²) in [5.74, 6) is -0.230. The zero-order valence-corrected chi connectivity index (χ0v) is 9.63. The molecule has 4 heteroatoms. The monoisotopic (exact) mass is 228 g/mol. The molecule has 0 fully saturated rings. The Balaban J connectivity index is 2.65. The fraction of sp³-hybridized carbons (Fsp3) is 0.750. The van der Waals surface area contributed by atoms with E-state index < -0.39 is 12.2 Å². The van der Waals surface area contributed by atoms with Gasteiger partial charge in [-0.05, 0) is 12.8 Å². The number of cyclic esters (lactones) is 1. The van der Waals surface area contributed by atoms with Crippen molar-refractivity contribution < 1.29 is 19.7 Å². The lowest BCUT2D eigenvalue weighted by Gasteiger charge is -2.23. The van der Waals surface area contributed by atoms with E-state index in [2.05, 4.69) is 0 Å². The van der Waals surface area contributed by atoms with Crippen LogP contribution in [0.4, 0.5) is 0 Å². The number of allylic oxidation sites excluding steroid dienone is 1. The molecule has 0 aromatic heterocycles. The topological polar surface area (TPSA) is 66.8 Å². The molecule has 3 atom stereocenters. The number of ether oxygens (including phenoxy) is 1. The Labute approximate surface area is 95.9 Å². The highest BCUT2D eigenvalue weighted by Crippen LogP contribution is 2.15. The maximum Gasteiger partial charge on any atom is 0.306 e. The van der Waals surface area contributed by atoms with Crippen LogP contribution in [0.2, 0.25) is 0 Å². The summed E-state index contributed by atoms with van der Waals surface area (Å²) >= 11 is 0. The molecule has 0 aliphatic carbocycles. The first-order valence-corrected chi connectivity index (χ1v) is 5.85. The Hall–Kier alpha value is -0.870. The van der Waals surface area contributed by atoms with Gasteiger partial charge in [0.25, 0.3) is 0 Å². The van der Waals surface area contributed by atoms with Crippen LogP contribution in [0.1, 0.15) is 39.0 Å².